The Balaban J connectivity index is 2.24. The summed E-state index contributed by atoms with van der Waals surface area (Å²) in [5, 5.41) is 4.44. The molecule has 96 valence electrons. The quantitative estimate of drug-likeness (QED) is 0.864. The topological polar surface area (TPSA) is 47.1 Å². The van der Waals surface area contributed by atoms with E-state index in [0.717, 1.165) is 5.69 Å². The molecule has 2 heterocycles. The highest BCUT2D eigenvalue weighted by molar-refractivity contribution is 5.21. The van der Waals surface area contributed by atoms with E-state index in [-0.39, 0.29) is 0 Å². The molecule has 0 saturated carbocycles. The van der Waals surface area contributed by atoms with E-state index in [2.05, 4.69) is 30.0 Å². The number of hydrogen-bond acceptors (Lipinski definition) is 3. The average Bonchev–Trinajstić information content (AvgIpc) is 2.88. The fraction of sp³-hybridized carbons (Fsp3) is 0.769. The first-order chi connectivity index (χ1) is 8.17. The van der Waals surface area contributed by atoms with Crippen molar-refractivity contribution in [2.24, 2.45) is 12.8 Å². The fourth-order valence-corrected chi connectivity index (χ4v) is 3.09. The first-order valence-electron chi connectivity index (χ1n) is 6.63. The molecule has 2 atom stereocenters. The molecule has 1 aliphatic rings. The molecule has 0 spiro atoms. The Morgan fingerprint density at radius 3 is 2.88 bits per heavy atom. The van der Waals surface area contributed by atoms with Crippen LogP contribution in [0, 0.1) is 6.92 Å². The molecule has 4 heteroatoms. The molecule has 0 amide bonds. The molecule has 4 nitrogen and oxygen atoms in total. The largest absolute Gasteiger partial charge is 0.329 e. The molecule has 0 aromatic carbocycles. The zero-order valence-electron chi connectivity index (χ0n) is 11.2. The summed E-state index contributed by atoms with van der Waals surface area (Å²) in [6.07, 6.45) is 5.95. The van der Waals surface area contributed by atoms with Crippen LogP contribution in [0.15, 0.2) is 6.20 Å². The first-order valence-corrected chi connectivity index (χ1v) is 6.63. The van der Waals surface area contributed by atoms with E-state index in [1.807, 2.05) is 11.7 Å². The van der Waals surface area contributed by atoms with Crippen molar-refractivity contribution in [2.75, 3.05) is 13.1 Å². The second-order valence-corrected chi connectivity index (χ2v) is 5.04. The lowest BCUT2D eigenvalue weighted by Crippen LogP contribution is -2.37. The average molecular weight is 236 g/mol. The molecule has 2 rings (SSSR count). The maximum absolute atomic E-state index is 6.00. The molecule has 0 aliphatic carbocycles. The van der Waals surface area contributed by atoms with Crippen molar-refractivity contribution < 1.29 is 0 Å². The number of aromatic nitrogens is 2. The minimum Gasteiger partial charge on any atom is -0.329 e. The predicted molar refractivity (Wildman–Crippen MR) is 69.8 cm³/mol. The molecule has 1 aromatic rings. The zero-order chi connectivity index (χ0) is 12.4. The summed E-state index contributed by atoms with van der Waals surface area (Å²) in [6.45, 7) is 6.21. The standard InChI is InChI=1S/C13H24N4/c1-4-11-6-5-7-17(11)13(8-14)12-9-16(3)15-10(12)2/h9,11,13H,4-8,14H2,1-3H3. The molecular formula is C13H24N4. The highest BCUT2D eigenvalue weighted by Gasteiger charge is 2.31. The second kappa shape index (κ2) is 5.19. The van der Waals surface area contributed by atoms with Crippen LogP contribution in [-0.2, 0) is 7.05 Å². The lowest BCUT2D eigenvalue weighted by atomic mass is 10.0. The van der Waals surface area contributed by atoms with Gasteiger partial charge in [-0.25, -0.2) is 0 Å². The van der Waals surface area contributed by atoms with Gasteiger partial charge in [0.25, 0.3) is 0 Å². The summed E-state index contributed by atoms with van der Waals surface area (Å²) >= 11 is 0. The Hall–Kier alpha value is -0.870. The van der Waals surface area contributed by atoms with Crippen LogP contribution in [-0.4, -0.2) is 33.8 Å². The molecule has 2 unspecified atom stereocenters. The van der Waals surface area contributed by atoms with Crippen molar-refractivity contribution in [3.05, 3.63) is 17.5 Å². The highest BCUT2D eigenvalue weighted by atomic mass is 15.3. The van der Waals surface area contributed by atoms with Crippen molar-refractivity contribution in [3.8, 4) is 0 Å². The van der Waals surface area contributed by atoms with Gasteiger partial charge in [0.15, 0.2) is 0 Å². The smallest absolute Gasteiger partial charge is 0.0641 e. The Morgan fingerprint density at radius 1 is 1.59 bits per heavy atom. The van der Waals surface area contributed by atoms with Gasteiger partial charge in [-0.15, -0.1) is 0 Å². The summed E-state index contributed by atoms with van der Waals surface area (Å²) < 4.78 is 1.89. The Kier molecular flexibility index (Phi) is 3.84. The molecule has 17 heavy (non-hydrogen) atoms. The van der Waals surface area contributed by atoms with Crippen LogP contribution >= 0.6 is 0 Å². The normalized spacial score (nSPS) is 23.2. The van der Waals surface area contributed by atoms with Gasteiger partial charge in [-0.2, -0.15) is 5.10 Å². The summed E-state index contributed by atoms with van der Waals surface area (Å²) in [4.78, 5) is 2.57. The third-order valence-electron chi connectivity index (χ3n) is 3.93. The van der Waals surface area contributed by atoms with Crippen molar-refractivity contribution >= 4 is 0 Å². The Morgan fingerprint density at radius 2 is 2.35 bits per heavy atom. The van der Waals surface area contributed by atoms with E-state index < -0.39 is 0 Å². The summed E-state index contributed by atoms with van der Waals surface area (Å²) in [5.41, 5.74) is 8.42. The molecule has 0 radical (unpaired) electrons. The molecule has 1 saturated heterocycles. The van der Waals surface area contributed by atoms with Gasteiger partial charge in [-0.1, -0.05) is 6.92 Å². The van der Waals surface area contributed by atoms with Crippen molar-refractivity contribution in [1.82, 2.24) is 14.7 Å². The van der Waals surface area contributed by atoms with Crippen molar-refractivity contribution in [3.63, 3.8) is 0 Å². The van der Waals surface area contributed by atoms with Gasteiger partial charge in [0, 0.05) is 31.4 Å². The van der Waals surface area contributed by atoms with Crippen LogP contribution < -0.4 is 5.73 Å². The number of likely N-dealkylation sites (tertiary alicyclic amines) is 1. The number of hydrogen-bond donors (Lipinski definition) is 1. The molecule has 1 aromatic heterocycles. The van der Waals surface area contributed by atoms with Crippen molar-refractivity contribution in [2.45, 2.75) is 45.2 Å². The predicted octanol–water partition coefficient (Wildman–Crippen LogP) is 1.60. The van der Waals surface area contributed by atoms with Crippen LogP contribution in [0.25, 0.3) is 0 Å². The second-order valence-electron chi connectivity index (χ2n) is 5.04. The van der Waals surface area contributed by atoms with E-state index in [0.29, 0.717) is 18.6 Å². The van der Waals surface area contributed by atoms with E-state index >= 15 is 0 Å². The summed E-state index contributed by atoms with van der Waals surface area (Å²) in [7, 11) is 1.98. The van der Waals surface area contributed by atoms with Crippen LogP contribution in [0.4, 0.5) is 0 Å². The SMILES string of the molecule is CCC1CCCN1C(CN)c1cn(C)nc1C. The lowest BCUT2D eigenvalue weighted by Gasteiger charge is -2.31. The zero-order valence-corrected chi connectivity index (χ0v) is 11.2. The van der Waals surface area contributed by atoms with E-state index in [1.165, 1.54) is 31.4 Å². The maximum Gasteiger partial charge on any atom is 0.0641 e. The van der Waals surface area contributed by atoms with Gasteiger partial charge in [-0.3, -0.25) is 9.58 Å². The molecule has 1 aliphatic heterocycles. The number of nitrogens with two attached hydrogens (primary N) is 1. The van der Waals surface area contributed by atoms with E-state index in [1.54, 1.807) is 0 Å². The maximum atomic E-state index is 6.00. The highest BCUT2D eigenvalue weighted by Crippen LogP contribution is 2.31. The minimum atomic E-state index is 0.344. The number of rotatable bonds is 4. The van der Waals surface area contributed by atoms with Crippen molar-refractivity contribution in [1.29, 1.82) is 0 Å². The van der Waals surface area contributed by atoms with Crippen LogP contribution in [0.2, 0.25) is 0 Å². The third kappa shape index (κ3) is 2.38. The van der Waals surface area contributed by atoms with Gasteiger partial charge in [0.05, 0.1) is 11.7 Å². The minimum absolute atomic E-state index is 0.344. The van der Waals surface area contributed by atoms with Gasteiger partial charge in [0.1, 0.15) is 0 Å². The fourth-order valence-electron chi connectivity index (χ4n) is 3.09. The molecule has 1 fully saturated rings. The van der Waals surface area contributed by atoms with Gasteiger partial charge < -0.3 is 5.73 Å². The first kappa shape index (κ1) is 12.6. The van der Waals surface area contributed by atoms with Gasteiger partial charge in [-0.05, 0) is 32.7 Å². The lowest BCUT2D eigenvalue weighted by molar-refractivity contribution is 0.180. The molecule has 2 N–H and O–H groups in total. The summed E-state index contributed by atoms with van der Waals surface area (Å²) in [5.74, 6) is 0. The number of nitrogens with zero attached hydrogens (tertiary/aromatic N) is 3. The Bertz CT molecular complexity index is 371. The third-order valence-corrected chi connectivity index (χ3v) is 3.93. The van der Waals surface area contributed by atoms with E-state index in [4.69, 9.17) is 5.73 Å². The van der Waals surface area contributed by atoms with Crippen LogP contribution in [0.5, 0.6) is 0 Å². The van der Waals surface area contributed by atoms with Gasteiger partial charge >= 0.3 is 0 Å². The Labute approximate surface area is 104 Å². The number of aryl methyl sites for hydroxylation is 2. The van der Waals surface area contributed by atoms with Crippen LogP contribution in [0.3, 0.4) is 0 Å². The molecular weight excluding hydrogens is 212 g/mol. The summed E-state index contributed by atoms with van der Waals surface area (Å²) in [6, 6.07) is 1.04. The monoisotopic (exact) mass is 236 g/mol. The van der Waals surface area contributed by atoms with Gasteiger partial charge in [0.2, 0.25) is 0 Å². The van der Waals surface area contributed by atoms with Crippen LogP contribution in [0.1, 0.15) is 43.5 Å². The molecule has 0 bridgehead atoms. The van der Waals surface area contributed by atoms with E-state index in [9.17, 15) is 0 Å².